The minimum atomic E-state index is -0.371. The van der Waals surface area contributed by atoms with Gasteiger partial charge in [-0.2, -0.15) is 5.10 Å². The molecule has 1 aliphatic heterocycles. The lowest BCUT2D eigenvalue weighted by atomic mass is 9.87. The molecule has 2 heterocycles. The van der Waals surface area contributed by atoms with E-state index in [1.807, 2.05) is 30.3 Å². The van der Waals surface area contributed by atoms with Crippen molar-refractivity contribution < 1.29 is 9.21 Å². The Balaban J connectivity index is 1.54. The Kier molecular flexibility index (Phi) is 4.98. The molecule has 0 radical (unpaired) electrons. The molecule has 0 fully saturated rings. The lowest BCUT2D eigenvalue weighted by molar-refractivity contribution is 0.0929. The highest BCUT2D eigenvalue weighted by atomic mass is 16.3. The van der Waals surface area contributed by atoms with Crippen LogP contribution >= 0.6 is 0 Å². The lowest BCUT2D eigenvalue weighted by Gasteiger charge is -2.46. The highest BCUT2D eigenvalue weighted by Gasteiger charge is 2.32. The fourth-order valence-electron chi connectivity index (χ4n) is 4.41. The molecule has 0 saturated carbocycles. The van der Waals surface area contributed by atoms with E-state index in [0.29, 0.717) is 11.6 Å². The second kappa shape index (κ2) is 7.48. The standard InChI is InChI=1S/C25H27N3O2/c1-16(2)28-21-11-10-18(12-20(21)17(3)14-25(28,4)5)15-26-27-24(29)23-13-19-8-6-7-9-22(19)30-23/h6-16H,1-5H3,(H,27,29)/b26-15+. The lowest BCUT2D eigenvalue weighted by Crippen LogP contribution is -2.49. The molecule has 30 heavy (non-hydrogen) atoms. The third-order valence-corrected chi connectivity index (χ3v) is 5.44. The highest BCUT2D eigenvalue weighted by Crippen LogP contribution is 2.40. The molecule has 5 heteroatoms. The number of hydrazone groups is 1. The second-order valence-corrected chi connectivity index (χ2v) is 8.57. The molecule has 0 atom stereocenters. The Hall–Kier alpha value is -3.34. The predicted octanol–water partition coefficient (Wildman–Crippen LogP) is 5.61. The van der Waals surface area contributed by atoms with Crippen molar-refractivity contribution in [2.24, 2.45) is 5.10 Å². The zero-order valence-electron chi connectivity index (χ0n) is 18.1. The molecule has 0 aliphatic carbocycles. The van der Waals surface area contributed by atoms with Gasteiger partial charge in [-0.3, -0.25) is 4.79 Å². The summed E-state index contributed by atoms with van der Waals surface area (Å²) in [6, 6.07) is 15.9. The van der Waals surface area contributed by atoms with Crippen LogP contribution in [0.1, 0.15) is 56.3 Å². The number of anilines is 1. The molecule has 1 aliphatic rings. The topological polar surface area (TPSA) is 57.8 Å². The average molecular weight is 402 g/mol. The molecule has 0 spiro atoms. The third-order valence-electron chi connectivity index (χ3n) is 5.44. The van der Waals surface area contributed by atoms with Gasteiger partial charge in [-0.05, 0) is 70.0 Å². The van der Waals surface area contributed by atoms with Crippen molar-refractivity contribution >= 4 is 34.4 Å². The Labute approximate surface area is 177 Å². The summed E-state index contributed by atoms with van der Waals surface area (Å²) in [6.07, 6.45) is 3.97. The maximum absolute atomic E-state index is 12.3. The molecule has 1 amide bonds. The van der Waals surface area contributed by atoms with Crippen molar-refractivity contribution in [3.8, 4) is 0 Å². The smallest absolute Gasteiger partial charge is 0.307 e. The van der Waals surface area contributed by atoms with Crippen molar-refractivity contribution in [3.05, 3.63) is 71.5 Å². The largest absolute Gasteiger partial charge is 0.451 e. The van der Waals surface area contributed by atoms with Gasteiger partial charge in [-0.1, -0.05) is 30.3 Å². The number of hydrogen-bond acceptors (Lipinski definition) is 4. The molecule has 5 nitrogen and oxygen atoms in total. The Bertz CT molecular complexity index is 1140. The SMILES string of the molecule is CC1=CC(C)(C)N(C(C)C)c2ccc(/C=N/NC(=O)c3cc4ccccc4o3)cc21. The fourth-order valence-corrected chi connectivity index (χ4v) is 4.41. The zero-order chi connectivity index (χ0) is 21.5. The Morgan fingerprint density at radius 2 is 1.93 bits per heavy atom. The van der Waals surface area contributed by atoms with Crippen molar-refractivity contribution in [2.45, 2.75) is 46.2 Å². The number of rotatable bonds is 4. The number of carbonyl (C=O) groups is 1. The van der Waals surface area contributed by atoms with E-state index in [-0.39, 0.29) is 17.2 Å². The van der Waals surface area contributed by atoms with Crippen LogP contribution in [-0.2, 0) is 0 Å². The first kappa shape index (κ1) is 20.0. The van der Waals surface area contributed by atoms with E-state index in [0.717, 1.165) is 10.9 Å². The van der Waals surface area contributed by atoms with Crippen LogP contribution < -0.4 is 10.3 Å². The molecule has 3 aromatic rings. The van der Waals surface area contributed by atoms with Crippen LogP contribution in [0.3, 0.4) is 0 Å². The Morgan fingerprint density at radius 3 is 2.67 bits per heavy atom. The van der Waals surface area contributed by atoms with Gasteiger partial charge in [0.25, 0.3) is 0 Å². The number of fused-ring (bicyclic) bond motifs is 2. The van der Waals surface area contributed by atoms with Gasteiger partial charge in [0.05, 0.1) is 11.8 Å². The number of carbonyl (C=O) groups excluding carboxylic acids is 1. The van der Waals surface area contributed by atoms with Gasteiger partial charge in [0.1, 0.15) is 5.58 Å². The van der Waals surface area contributed by atoms with Gasteiger partial charge in [0.15, 0.2) is 5.76 Å². The monoisotopic (exact) mass is 401 g/mol. The zero-order valence-corrected chi connectivity index (χ0v) is 18.1. The van der Waals surface area contributed by atoms with E-state index in [9.17, 15) is 4.79 Å². The number of nitrogens with zero attached hydrogens (tertiary/aromatic N) is 2. The van der Waals surface area contributed by atoms with E-state index in [1.54, 1.807) is 12.3 Å². The maximum Gasteiger partial charge on any atom is 0.307 e. The van der Waals surface area contributed by atoms with Gasteiger partial charge in [-0.25, -0.2) is 5.43 Å². The van der Waals surface area contributed by atoms with Crippen LogP contribution in [-0.4, -0.2) is 23.7 Å². The second-order valence-electron chi connectivity index (χ2n) is 8.57. The van der Waals surface area contributed by atoms with Gasteiger partial charge in [0, 0.05) is 22.7 Å². The molecular formula is C25H27N3O2. The molecule has 1 aromatic heterocycles. The highest BCUT2D eigenvalue weighted by molar-refractivity contribution is 5.96. The molecule has 0 saturated heterocycles. The quantitative estimate of drug-likeness (QED) is 0.457. The number of allylic oxidation sites excluding steroid dienone is 1. The first-order valence-electron chi connectivity index (χ1n) is 10.2. The normalized spacial score (nSPS) is 15.5. The van der Waals surface area contributed by atoms with Crippen molar-refractivity contribution in [3.63, 3.8) is 0 Å². The summed E-state index contributed by atoms with van der Waals surface area (Å²) < 4.78 is 5.58. The van der Waals surface area contributed by atoms with Crippen molar-refractivity contribution in [2.75, 3.05) is 4.90 Å². The number of benzene rings is 2. The fraction of sp³-hybridized carbons (Fsp3) is 0.280. The summed E-state index contributed by atoms with van der Waals surface area (Å²) in [5.74, 6) is -0.128. The minimum Gasteiger partial charge on any atom is -0.451 e. The molecule has 2 aromatic carbocycles. The number of furan rings is 1. The summed E-state index contributed by atoms with van der Waals surface area (Å²) >= 11 is 0. The minimum absolute atomic E-state index is 0.0403. The van der Waals surface area contributed by atoms with Crippen LogP contribution in [0.15, 0.2) is 64.1 Å². The maximum atomic E-state index is 12.3. The molecule has 0 unspecified atom stereocenters. The van der Waals surface area contributed by atoms with Gasteiger partial charge < -0.3 is 9.32 Å². The van der Waals surface area contributed by atoms with E-state index >= 15 is 0 Å². The summed E-state index contributed by atoms with van der Waals surface area (Å²) in [4.78, 5) is 14.8. The van der Waals surface area contributed by atoms with Crippen LogP contribution in [0, 0.1) is 0 Å². The summed E-state index contributed by atoms with van der Waals surface area (Å²) in [7, 11) is 0. The summed E-state index contributed by atoms with van der Waals surface area (Å²) in [5, 5.41) is 5.02. The molecular weight excluding hydrogens is 374 g/mol. The number of nitrogens with one attached hydrogen (secondary N) is 1. The molecule has 1 N–H and O–H groups in total. The molecule has 0 bridgehead atoms. The predicted molar refractivity (Wildman–Crippen MR) is 123 cm³/mol. The van der Waals surface area contributed by atoms with Crippen molar-refractivity contribution in [1.29, 1.82) is 0 Å². The third kappa shape index (κ3) is 3.63. The number of para-hydroxylation sites is 1. The molecule has 4 rings (SSSR count). The van der Waals surface area contributed by atoms with Crippen LogP contribution in [0.25, 0.3) is 16.5 Å². The van der Waals surface area contributed by atoms with E-state index in [1.165, 1.54) is 16.8 Å². The summed E-state index contributed by atoms with van der Waals surface area (Å²) in [6.45, 7) is 11.0. The van der Waals surface area contributed by atoms with Crippen LogP contribution in [0.2, 0.25) is 0 Å². The van der Waals surface area contributed by atoms with E-state index < -0.39 is 0 Å². The first-order chi connectivity index (χ1) is 14.3. The van der Waals surface area contributed by atoms with Crippen LogP contribution in [0.4, 0.5) is 5.69 Å². The van der Waals surface area contributed by atoms with E-state index in [4.69, 9.17) is 4.42 Å². The van der Waals surface area contributed by atoms with E-state index in [2.05, 4.69) is 68.3 Å². The number of hydrogen-bond donors (Lipinski definition) is 1. The Morgan fingerprint density at radius 1 is 1.17 bits per heavy atom. The number of amides is 1. The molecule has 154 valence electrons. The van der Waals surface area contributed by atoms with Crippen LogP contribution in [0.5, 0.6) is 0 Å². The summed E-state index contributed by atoms with van der Waals surface area (Å²) in [5.41, 5.74) is 7.77. The van der Waals surface area contributed by atoms with Crippen molar-refractivity contribution in [1.82, 2.24) is 5.43 Å². The first-order valence-corrected chi connectivity index (χ1v) is 10.2. The average Bonchev–Trinajstić information content (AvgIpc) is 3.11. The van der Waals surface area contributed by atoms with Gasteiger partial charge in [0.2, 0.25) is 0 Å². The van der Waals surface area contributed by atoms with Gasteiger partial charge >= 0.3 is 5.91 Å². The van der Waals surface area contributed by atoms with Gasteiger partial charge in [-0.15, -0.1) is 0 Å².